The number of hydrogen-bond acceptors (Lipinski definition) is 4. The Bertz CT molecular complexity index is 767. The first kappa shape index (κ1) is 21.9. The van der Waals surface area contributed by atoms with Crippen LogP contribution in [0.1, 0.15) is 32.6 Å². The minimum atomic E-state index is -0.737. The highest BCUT2D eigenvalue weighted by molar-refractivity contribution is 5.88. The number of aliphatic carboxylic acids is 1. The number of unbranched alkanes of at least 4 members (excludes halogenated alkanes) is 2. The Morgan fingerprint density at radius 3 is 2.75 bits per heavy atom. The van der Waals surface area contributed by atoms with Gasteiger partial charge in [-0.2, -0.15) is 0 Å². The van der Waals surface area contributed by atoms with Crippen molar-refractivity contribution in [3.05, 3.63) is 54.1 Å². The fourth-order valence-corrected chi connectivity index (χ4v) is 3.02. The largest absolute Gasteiger partial charge is 0.489 e. The summed E-state index contributed by atoms with van der Waals surface area (Å²) in [7, 11) is 1.70. The molecule has 1 unspecified atom stereocenters. The van der Waals surface area contributed by atoms with Gasteiger partial charge in [0.2, 0.25) is 0 Å². The van der Waals surface area contributed by atoms with Crippen LogP contribution in [-0.4, -0.2) is 44.0 Å². The molecule has 0 heterocycles. The van der Waals surface area contributed by atoms with Crippen LogP contribution in [0.15, 0.2) is 54.1 Å². The van der Waals surface area contributed by atoms with Gasteiger partial charge in [-0.3, -0.25) is 4.79 Å². The highest BCUT2D eigenvalue weighted by Gasteiger charge is 2.06. The molecule has 2 rings (SSSR count). The monoisotopic (exact) mass is 385 g/mol. The van der Waals surface area contributed by atoms with Crippen molar-refractivity contribution in [1.82, 2.24) is 5.32 Å². The molecule has 0 fully saturated rings. The summed E-state index contributed by atoms with van der Waals surface area (Å²) in [5, 5.41) is 14.5. The van der Waals surface area contributed by atoms with Crippen molar-refractivity contribution in [3.63, 3.8) is 0 Å². The number of carbonyl (C=O) groups is 1. The maximum absolute atomic E-state index is 10.6. The predicted molar refractivity (Wildman–Crippen MR) is 113 cm³/mol. The van der Waals surface area contributed by atoms with Gasteiger partial charge in [0.05, 0.1) is 6.61 Å². The Morgan fingerprint density at radius 1 is 1.18 bits per heavy atom. The van der Waals surface area contributed by atoms with Gasteiger partial charge in [0.25, 0.3) is 0 Å². The molecule has 0 aliphatic rings. The van der Waals surface area contributed by atoms with Gasteiger partial charge in [-0.05, 0) is 43.2 Å². The zero-order chi connectivity index (χ0) is 20.2. The Hall–Kier alpha value is -2.37. The first-order chi connectivity index (χ1) is 13.6. The minimum absolute atomic E-state index is 0.221. The molecule has 0 saturated carbocycles. The Balaban J connectivity index is 1.97. The van der Waals surface area contributed by atoms with Crippen molar-refractivity contribution in [2.45, 2.75) is 38.6 Å². The number of carboxylic acids is 1. The molecule has 5 heteroatoms. The number of rotatable bonds is 13. The van der Waals surface area contributed by atoms with Gasteiger partial charge in [-0.1, -0.05) is 42.5 Å². The molecule has 0 aromatic heterocycles. The molecule has 0 aliphatic carbocycles. The Labute approximate surface area is 167 Å². The number of nitrogens with one attached hydrogen (secondary N) is 1. The van der Waals surface area contributed by atoms with Crippen LogP contribution in [0.5, 0.6) is 5.75 Å². The number of hydrogen-bond donors (Lipinski definition) is 2. The van der Waals surface area contributed by atoms with Crippen LogP contribution in [0.3, 0.4) is 0 Å². The number of methoxy groups -OCH3 is 1. The average Bonchev–Trinajstić information content (AvgIpc) is 2.69. The lowest BCUT2D eigenvalue weighted by Crippen LogP contribution is -2.32. The van der Waals surface area contributed by atoms with E-state index in [1.54, 1.807) is 7.11 Å². The third kappa shape index (κ3) is 7.71. The number of carboxylic acid groups (broad SMARTS) is 1. The van der Waals surface area contributed by atoms with Gasteiger partial charge in [0.15, 0.2) is 0 Å². The van der Waals surface area contributed by atoms with Gasteiger partial charge in [-0.25, -0.2) is 0 Å². The molecule has 0 aliphatic heterocycles. The third-order valence-corrected chi connectivity index (χ3v) is 4.53. The van der Waals surface area contributed by atoms with E-state index in [1.165, 1.54) is 0 Å². The number of fused-ring (bicyclic) bond motifs is 1. The van der Waals surface area contributed by atoms with Crippen molar-refractivity contribution < 1.29 is 19.4 Å². The quantitative estimate of drug-likeness (QED) is 0.395. The maximum Gasteiger partial charge on any atom is 0.303 e. The Morgan fingerprint density at radius 2 is 1.96 bits per heavy atom. The lowest BCUT2D eigenvalue weighted by molar-refractivity contribution is -0.137. The highest BCUT2D eigenvalue weighted by Crippen LogP contribution is 2.25. The van der Waals surface area contributed by atoms with Gasteiger partial charge < -0.3 is 19.9 Å². The standard InChI is InChI=1S/C23H31NO4/c1-18(16-27-2)24-15-19(9-4-3-5-14-23(25)26)17-28-22-13-8-11-20-10-6-7-12-21(20)22/h6-13,18,24H,3-5,14-17H2,1-2H3,(H,25,26)/b19-9+. The fraction of sp³-hybridized carbons (Fsp3) is 0.435. The van der Waals surface area contributed by atoms with Crippen molar-refractivity contribution in [2.75, 3.05) is 26.9 Å². The van der Waals surface area contributed by atoms with E-state index in [-0.39, 0.29) is 12.5 Å². The third-order valence-electron chi connectivity index (χ3n) is 4.53. The molecule has 2 aromatic rings. The summed E-state index contributed by atoms with van der Waals surface area (Å²) in [4.78, 5) is 10.6. The molecule has 0 bridgehead atoms. The van der Waals surface area contributed by atoms with E-state index < -0.39 is 5.97 Å². The van der Waals surface area contributed by atoms with E-state index in [9.17, 15) is 4.79 Å². The minimum Gasteiger partial charge on any atom is -0.489 e. The molecule has 152 valence electrons. The summed E-state index contributed by atoms with van der Waals surface area (Å²) in [6.07, 6.45) is 4.79. The van der Waals surface area contributed by atoms with E-state index >= 15 is 0 Å². The fourth-order valence-electron chi connectivity index (χ4n) is 3.02. The topological polar surface area (TPSA) is 67.8 Å². The molecule has 1 atom stereocenters. The van der Waals surface area contributed by atoms with Gasteiger partial charge >= 0.3 is 5.97 Å². The van der Waals surface area contributed by atoms with Crippen molar-refractivity contribution >= 4 is 16.7 Å². The summed E-state index contributed by atoms with van der Waals surface area (Å²) in [6, 6.07) is 14.5. The molecular formula is C23H31NO4. The second-order valence-electron chi connectivity index (χ2n) is 7.01. The summed E-state index contributed by atoms with van der Waals surface area (Å²) in [5.74, 6) is 0.137. The van der Waals surface area contributed by atoms with Crippen LogP contribution in [-0.2, 0) is 9.53 Å². The van der Waals surface area contributed by atoms with Crippen LogP contribution in [0, 0.1) is 0 Å². The van der Waals surface area contributed by atoms with Crippen LogP contribution >= 0.6 is 0 Å². The smallest absolute Gasteiger partial charge is 0.303 e. The second kappa shape index (κ2) is 12.2. The van der Waals surface area contributed by atoms with Crippen LogP contribution in [0.4, 0.5) is 0 Å². The number of allylic oxidation sites excluding steroid dienone is 1. The summed E-state index contributed by atoms with van der Waals surface area (Å²) < 4.78 is 11.3. The van der Waals surface area contributed by atoms with Crippen LogP contribution < -0.4 is 10.1 Å². The first-order valence-corrected chi connectivity index (χ1v) is 9.82. The SMILES string of the molecule is COCC(C)NC/C(=C\CCCCC(=O)O)COc1cccc2ccccc12. The van der Waals surface area contributed by atoms with Crippen molar-refractivity contribution in [3.8, 4) is 5.75 Å². The molecule has 0 saturated heterocycles. The number of benzene rings is 2. The normalized spacial score (nSPS) is 12.9. The number of ether oxygens (including phenoxy) is 2. The summed E-state index contributed by atoms with van der Waals surface area (Å²) >= 11 is 0. The second-order valence-corrected chi connectivity index (χ2v) is 7.01. The zero-order valence-corrected chi connectivity index (χ0v) is 16.8. The lowest BCUT2D eigenvalue weighted by atomic mass is 10.1. The van der Waals surface area contributed by atoms with E-state index in [0.717, 1.165) is 34.9 Å². The molecular weight excluding hydrogens is 354 g/mol. The van der Waals surface area contributed by atoms with Crippen molar-refractivity contribution in [2.24, 2.45) is 0 Å². The van der Waals surface area contributed by atoms with E-state index in [1.807, 2.05) is 24.3 Å². The lowest BCUT2D eigenvalue weighted by Gasteiger charge is -2.16. The molecule has 2 N–H and O–H groups in total. The average molecular weight is 386 g/mol. The molecule has 0 radical (unpaired) electrons. The maximum atomic E-state index is 10.6. The molecule has 0 amide bonds. The first-order valence-electron chi connectivity index (χ1n) is 9.82. The van der Waals surface area contributed by atoms with Gasteiger partial charge in [0.1, 0.15) is 12.4 Å². The molecule has 5 nitrogen and oxygen atoms in total. The van der Waals surface area contributed by atoms with Gasteiger partial charge in [0, 0.05) is 31.5 Å². The predicted octanol–water partition coefficient (Wildman–Crippen LogP) is 4.41. The molecule has 2 aromatic carbocycles. The van der Waals surface area contributed by atoms with E-state index in [2.05, 4.69) is 36.5 Å². The Kier molecular flexibility index (Phi) is 9.52. The zero-order valence-electron chi connectivity index (χ0n) is 16.8. The van der Waals surface area contributed by atoms with Crippen LogP contribution in [0.2, 0.25) is 0 Å². The summed E-state index contributed by atoms with van der Waals surface area (Å²) in [5.41, 5.74) is 1.16. The molecule has 0 spiro atoms. The summed E-state index contributed by atoms with van der Waals surface area (Å²) in [6.45, 7) is 3.95. The van der Waals surface area contributed by atoms with Crippen molar-refractivity contribution in [1.29, 1.82) is 0 Å². The van der Waals surface area contributed by atoms with E-state index in [4.69, 9.17) is 14.6 Å². The van der Waals surface area contributed by atoms with Crippen LogP contribution in [0.25, 0.3) is 10.8 Å². The van der Waals surface area contributed by atoms with Gasteiger partial charge in [-0.15, -0.1) is 0 Å². The highest BCUT2D eigenvalue weighted by atomic mass is 16.5. The molecule has 28 heavy (non-hydrogen) atoms. The van der Waals surface area contributed by atoms with E-state index in [0.29, 0.717) is 26.2 Å².